The molecular weight excluding hydrogens is 294 g/mol. The van der Waals surface area contributed by atoms with Gasteiger partial charge in [-0.3, -0.25) is 9.35 Å². The van der Waals surface area contributed by atoms with Gasteiger partial charge in [0.2, 0.25) is 0 Å². The molecule has 0 spiro atoms. The van der Waals surface area contributed by atoms with Crippen LogP contribution >= 0.6 is 0 Å². The summed E-state index contributed by atoms with van der Waals surface area (Å²) in [7, 11) is -7.23. The summed E-state index contributed by atoms with van der Waals surface area (Å²) in [5.41, 5.74) is 0.220. The molecule has 7 nitrogen and oxygen atoms in total. The molecule has 0 atom stereocenters. The van der Waals surface area contributed by atoms with Crippen LogP contribution in [0.25, 0.3) is 0 Å². The van der Waals surface area contributed by atoms with Crippen LogP contribution in [0.2, 0.25) is 0 Å². The van der Waals surface area contributed by atoms with Gasteiger partial charge in [-0.2, -0.15) is 8.42 Å². The SMILES string of the molecule is CCCS(=O)(=O)O.O=C1NS(=O)(=O)c2ccccc21. The third kappa shape index (κ3) is 4.30. The predicted octanol–water partition coefficient (Wildman–Crippen LogP) is 0.403. The first-order valence-corrected chi connectivity index (χ1v) is 8.38. The van der Waals surface area contributed by atoms with Crippen LogP contribution in [0.5, 0.6) is 0 Å². The summed E-state index contributed by atoms with van der Waals surface area (Å²) >= 11 is 0. The van der Waals surface area contributed by atoms with Gasteiger partial charge in [-0.25, -0.2) is 13.1 Å². The molecule has 1 aliphatic rings. The normalized spacial score (nSPS) is 16.0. The average molecular weight is 307 g/mol. The van der Waals surface area contributed by atoms with Crippen LogP contribution in [-0.2, 0) is 20.1 Å². The summed E-state index contributed by atoms with van der Waals surface area (Å²) in [5, 5.41) is 0. The standard InChI is InChI=1S/C7H5NO3S.C3H8O3S/c9-7-5-3-1-2-4-6(5)12(10,11)8-7;1-2-3-7(4,5)6/h1-4H,(H,8,9);2-3H2,1H3,(H,4,5,6). The van der Waals surface area contributed by atoms with Crippen molar-refractivity contribution in [1.29, 1.82) is 0 Å². The Bertz CT molecular complexity index is 678. The van der Waals surface area contributed by atoms with Gasteiger partial charge in [-0.15, -0.1) is 0 Å². The molecule has 1 heterocycles. The van der Waals surface area contributed by atoms with Crippen LogP contribution in [0.3, 0.4) is 0 Å². The maximum Gasteiger partial charge on any atom is 0.266 e. The molecule has 1 aliphatic heterocycles. The lowest BCUT2D eigenvalue weighted by Crippen LogP contribution is -2.20. The topological polar surface area (TPSA) is 118 Å². The highest BCUT2D eigenvalue weighted by Crippen LogP contribution is 2.20. The second kappa shape index (κ2) is 5.68. The zero-order valence-electron chi connectivity index (χ0n) is 10.0. The van der Waals surface area contributed by atoms with Crippen LogP contribution in [0.1, 0.15) is 23.7 Å². The smallest absolute Gasteiger partial charge is 0.266 e. The largest absolute Gasteiger partial charge is 0.286 e. The Morgan fingerprint density at radius 3 is 2.26 bits per heavy atom. The molecule has 2 rings (SSSR count). The van der Waals surface area contributed by atoms with Crippen LogP contribution in [0.4, 0.5) is 0 Å². The first-order chi connectivity index (χ1) is 8.67. The van der Waals surface area contributed by atoms with Crippen molar-refractivity contribution >= 4 is 26.0 Å². The third-order valence-electron chi connectivity index (χ3n) is 2.11. The lowest BCUT2D eigenvalue weighted by atomic mass is 10.2. The summed E-state index contributed by atoms with van der Waals surface area (Å²) in [6, 6.07) is 6.09. The number of rotatable bonds is 2. The van der Waals surface area contributed by atoms with E-state index in [2.05, 4.69) is 0 Å². The number of hydrogen-bond acceptors (Lipinski definition) is 5. The van der Waals surface area contributed by atoms with E-state index in [9.17, 15) is 21.6 Å². The Morgan fingerprint density at radius 2 is 1.84 bits per heavy atom. The zero-order chi connectivity index (χ0) is 14.7. The van der Waals surface area contributed by atoms with Crippen molar-refractivity contribution in [3.8, 4) is 0 Å². The molecule has 1 aromatic carbocycles. The van der Waals surface area contributed by atoms with Crippen molar-refractivity contribution in [1.82, 2.24) is 4.72 Å². The number of carbonyl (C=O) groups excluding carboxylic acids is 1. The molecule has 1 amide bonds. The van der Waals surface area contributed by atoms with Crippen molar-refractivity contribution in [3.05, 3.63) is 29.8 Å². The second-order valence-electron chi connectivity index (χ2n) is 3.72. The number of benzene rings is 1. The lowest BCUT2D eigenvalue weighted by molar-refractivity contribution is 0.0985. The molecule has 0 fully saturated rings. The minimum absolute atomic E-state index is 0.0648. The van der Waals surface area contributed by atoms with Gasteiger partial charge in [0, 0.05) is 0 Å². The van der Waals surface area contributed by atoms with Gasteiger partial charge in [0.05, 0.1) is 11.3 Å². The molecule has 1 aromatic rings. The van der Waals surface area contributed by atoms with Crippen molar-refractivity contribution in [2.75, 3.05) is 5.75 Å². The molecule has 0 aliphatic carbocycles. The highest BCUT2D eigenvalue weighted by atomic mass is 32.2. The van der Waals surface area contributed by atoms with Crippen molar-refractivity contribution in [3.63, 3.8) is 0 Å². The molecule has 0 aromatic heterocycles. The van der Waals surface area contributed by atoms with Gasteiger partial charge in [0.25, 0.3) is 26.0 Å². The number of hydrogen-bond donors (Lipinski definition) is 2. The Kier molecular flexibility index (Phi) is 4.66. The molecule has 0 saturated carbocycles. The van der Waals surface area contributed by atoms with Gasteiger partial charge >= 0.3 is 0 Å². The minimum atomic E-state index is -3.67. The van der Waals surface area contributed by atoms with Crippen LogP contribution < -0.4 is 4.72 Å². The number of nitrogens with one attached hydrogen (secondary N) is 1. The van der Waals surface area contributed by atoms with Gasteiger partial charge in [0.15, 0.2) is 0 Å². The summed E-state index contributed by atoms with van der Waals surface area (Å²) in [6.07, 6.45) is 0.471. The van der Waals surface area contributed by atoms with Gasteiger partial charge in [0.1, 0.15) is 4.90 Å². The van der Waals surface area contributed by atoms with E-state index in [-0.39, 0.29) is 16.2 Å². The van der Waals surface area contributed by atoms with Crippen LogP contribution in [-0.4, -0.2) is 33.0 Å². The van der Waals surface area contributed by atoms with E-state index in [1.165, 1.54) is 12.1 Å². The second-order valence-corrected chi connectivity index (χ2v) is 6.94. The molecular formula is C10H13NO6S2. The van der Waals surface area contributed by atoms with Gasteiger partial charge in [-0.1, -0.05) is 19.1 Å². The highest BCUT2D eigenvalue weighted by molar-refractivity contribution is 7.90. The van der Waals surface area contributed by atoms with Crippen molar-refractivity contribution in [2.24, 2.45) is 0 Å². The first-order valence-electron chi connectivity index (χ1n) is 5.28. The van der Waals surface area contributed by atoms with E-state index in [0.29, 0.717) is 6.42 Å². The Balaban J connectivity index is 0.000000224. The number of amides is 1. The van der Waals surface area contributed by atoms with Gasteiger partial charge < -0.3 is 0 Å². The van der Waals surface area contributed by atoms with Crippen molar-refractivity contribution < 1.29 is 26.2 Å². The molecule has 9 heteroatoms. The summed E-state index contributed by atoms with van der Waals surface area (Å²) in [4.78, 5) is 11.1. The fourth-order valence-electron chi connectivity index (χ4n) is 1.38. The van der Waals surface area contributed by atoms with E-state index in [4.69, 9.17) is 4.55 Å². The average Bonchev–Trinajstić information content (AvgIpc) is 2.50. The molecule has 0 unspecified atom stereocenters. The van der Waals surface area contributed by atoms with Gasteiger partial charge in [-0.05, 0) is 18.6 Å². The van der Waals surface area contributed by atoms with Crippen LogP contribution in [0.15, 0.2) is 29.2 Å². The molecule has 106 valence electrons. The fourth-order valence-corrected chi connectivity index (χ4v) is 3.07. The maximum absolute atomic E-state index is 11.1. The summed E-state index contributed by atoms with van der Waals surface area (Å²) in [5.74, 6) is -0.682. The number of sulfonamides is 1. The summed E-state index contributed by atoms with van der Waals surface area (Å²) < 4.78 is 51.7. The monoisotopic (exact) mass is 307 g/mol. The summed E-state index contributed by atoms with van der Waals surface area (Å²) in [6.45, 7) is 1.69. The number of carbonyl (C=O) groups is 1. The lowest BCUT2D eigenvalue weighted by Gasteiger charge is -1.91. The molecule has 0 bridgehead atoms. The Morgan fingerprint density at radius 1 is 1.26 bits per heavy atom. The third-order valence-corrected chi connectivity index (χ3v) is 4.42. The van der Waals surface area contributed by atoms with E-state index in [1.54, 1.807) is 19.1 Å². The minimum Gasteiger partial charge on any atom is -0.286 e. The first kappa shape index (κ1) is 15.6. The Hall–Kier alpha value is -1.45. The highest BCUT2D eigenvalue weighted by Gasteiger charge is 2.31. The van der Waals surface area contributed by atoms with Crippen molar-refractivity contribution in [2.45, 2.75) is 18.2 Å². The number of fused-ring (bicyclic) bond motifs is 1. The van der Waals surface area contributed by atoms with E-state index in [1.807, 2.05) is 4.72 Å². The predicted molar refractivity (Wildman–Crippen MR) is 67.8 cm³/mol. The fraction of sp³-hybridized carbons (Fsp3) is 0.300. The van der Waals surface area contributed by atoms with E-state index >= 15 is 0 Å². The van der Waals surface area contributed by atoms with E-state index in [0.717, 1.165) is 0 Å². The van der Waals surface area contributed by atoms with Crippen LogP contribution in [0, 0.1) is 0 Å². The molecule has 0 saturated heterocycles. The van der Waals surface area contributed by atoms with E-state index < -0.39 is 26.0 Å². The quantitative estimate of drug-likeness (QED) is 0.764. The maximum atomic E-state index is 11.1. The molecule has 19 heavy (non-hydrogen) atoms. The molecule has 2 N–H and O–H groups in total. The molecule has 0 radical (unpaired) electrons. The Labute approximate surface area is 111 Å². The zero-order valence-corrected chi connectivity index (χ0v) is 11.7.